The van der Waals surface area contributed by atoms with Gasteiger partial charge in [0.25, 0.3) is 5.91 Å². The number of likely N-dealkylation sites (N-methyl/N-ethyl adjacent to an activating group) is 1. The maximum Gasteiger partial charge on any atom is 0.266 e. The van der Waals surface area contributed by atoms with Gasteiger partial charge in [-0.2, -0.15) is 0 Å². The summed E-state index contributed by atoms with van der Waals surface area (Å²) in [6.45, 7) is 2.49. The molecule has 2 heterocycles. The molecule has 0 saturated carbocycles. The van der Waals surface area contributed by atoms with Crippen LogP contribution in [0.5, 0.6) is 0 Å². The van der Waals surface area contributed by atoms with Crippen molar-refractivity contribution in [2.45, 2.75) is 17.8 Å². The summed E-state index contributed by atoms with van der Waals surface area (Å²) in [6.07, 6.45) is 1.75. The van der Waals surface area contributed by atoms with Crippen molar-refractivity contribution in [3.05, 3.63) is 57.6 Å². The summed E-state index contributed by atoms with van der Waals surface area (Å²) >= 11 is 14.0. The highest BCUT2D eigenvalue weighted by atomic mass is 35.5. The van der Waals surface area contributed by atoms with Gasteiger partial charge in [0.2, 0.25) is 0 Å². The van der Waals surface area contributed by atoms with Crippen LogP contribution in [0.25, 0.3) is 6.08 Å². The van der Waals surface area contributed by atoms with Crippen LogP contribution in [0.15, 0.2) is 50.8 Å². The van der Waals surface area contributed by atoms with E-state index in [9.17, 15) is 4.79 Å². The smallest absolute Gasteiger partial charge is 0.266 e. The van der Waals surface area contributed by atoms with Gasteiger partial charge < -0.3 is 4.42 Å². The molecule has 0 aliphatic carbocycles. The van der Waals surface area contributed by atoms with E-state index in [0.717, 1.165) is 15.9 Å². The Labute approximate surface area is 159 Å². The summed E-state index contributed by atoms with van der Waals surface area (Å²) in [5.74, 6) is 1.40. The molecule has 1 aromatic carbocycles. The molecule has 7 heteroatoms. The van der Waals surface area contributed by atoms with Gasteiger partial charge in [0.15, 0.2) is 5.09 Å². The van der Waals surface area contributed by atoms with Gasteiger partial charge in [0.05, 0.1) is 4.91 Å². The van der Waals surface area contributed by atoms with E-state index >= 15 is 0 Å². The molecule has 1 aromatic heterocycles. The third-order valence-corrected chi connectivity index (χ3v) is 5.97. The van der Waals surface area contributed by atoms with Crippen molar-refractivity contribution >= 4 is 63.6 Å². The number of carbonyl (C=O) groups excluding carboxylic acids is 1. The normalized spacial score (nSPS) is 16.4. The maximum atomic E-state index is 12.2. The minimum atomic E-state index is -0.0562. The molecular formula is C17H14ClNO2S3. The van der Waals surface area contributed by atoms with Crippen LogP contribution in [0.3, 0.4) is 0 Å². The Kier molecular flexibility index (Phi) is 5.71. The van der Waals surface area contributed by atoms with Gasteiger partial charge >= 0.3 is 0 Å². The van der Waals surface area contributed by atoms with Gasteiger partial charge in [-0.1, -0.05) is 59.5 Å². The van der Waals surface area contributed by atoms with Gasteiger partial charge in [-0.05, 0) is 36.8 Å². The zero-order valence-corrected chi connectivity index (χ0v) is 16.0. The Balaban J connectivity index is 1.65. The second-order valence-electron chi connectivity index (χ2n) is 5.00. The highest BCUT2D eigenvalue weighted by molar-refractivity contribution is 8.26. The first-order valence-electron chi connectivity index (χ1n) is 7.29. The fourth-order valence-corrected chi connectivity index (χ4v) is 4.44. The largest absolute Gasteiger partial charge is 0.450 e. The van der Waals surface area contributed by atoms with E-state index in [1.807, 2.05) is 43.3 Å². The molecule has 1 amide bonds. The average molecular weight is 396 g/mol. The number of thioether (sulfide) groups is 2. The van der Waals surface area contributed by atoms with Crippen LogP contribution >= 0.6 is 47.3 Å². The van der Waals surface area contributed by atoms with Gasteiger partial charge in [0, 0.05) is 23.4 Å². The summed E-state index contributed by atoms with van der Waals surface area (Å²) in [5, 5.41) is 1.54. The highest BCUT2D eigenvalue weighted by Gasteiger charge is 2.30. The van der Waals surface area contributed by atoms with Crippen LogP contribution in [0.2, 0.25) is 5.02 Å². The molecule has 1 aliphatic rings. The summed E-state index contributed by atoms with van der Waals surface area (Å²) < 4.78 is 6.37. The maximum absolute atomic E-state index is 12.2. The molecule has 2 aromatic rings. The first-order chi connectivity index (χ1) is 11.6. The molecule has 1 saturated heterocycles. The predicted molar refractivity (Wildman–Crippen MR) is 105 cm³/mol. The van der Waals surface area contributed by atoms with E-state index < -0.39 is 0 Å². The minimum Gasteiger partial charge on any atom is -0.450 e. The van der Waals surface area contributed by atoms with E-state index in [1.54, 1.807) is 22.7 Å². The first-order valence-corrected chi connectivity index (χ1v) is 9.88. The zero-order valence-electron chi connectivity index (χ0n) is 12.8. The molecule has 124 valence electrons. The Morgan fingerprint density at radius 3 is 2.71 bits per heavy atom. The van der Waals surface area contributed by atoms with Crippen LogP contribution in [0.4, 0.5) is 0 Å². The van der Waals surface area contributed by atoms with Crippen LogP contribution < -0.4 is 0 Å². The van der Waals surface area contributed by atoms with Crippen molar-refractivity contribution in [1.82, 2.24) is 4.90 Å². The van der Waals surface area contributed by atoms with Crippen LogP contribution in [0.1, 0.15) is 18.2 Å². The molecule has 1 aliphatic heterocycles. The number of rotatable bonds is 5. The number of carbonyl (C=O) groups is 1. The number of amides is 1. The highest BCUT2D eigenvalue weighted by Crippen LogP contribution is 2.33. The topological polar surface area (TPSA) is 33.5 Å². The number of hydrogen-bond donors (Lipinski definition) is 0. The Bertz CT molecular complexity index is 798. The molecule has 0 unspecified atom stereocenters. The number of halogens is 1. The quantitative estimate of drug-likeness (QED) is 0.382. The molecule has 0 spiro atoms. The van der Waals surface area contributed by atoms with E-state index in [1.165, 1.54) is 17.3 Å². The number of furan rings is 1. The zero-order chi connectivity index (χ0) is 17.1. The van der Waals surface area contributed by atoms with Crippen LogP contribution in [0, 0.1) is 0 Å². The molecule has 0 atom stereocenters. The molecular weight excluding hydrogens is 382 g/mol. The second-order valence-corrected chi connectivity index (χ2v) is 8.09. The summed E-state index contributed by atoms with van der Waals surface area (Å²) in [4.78, 5) is 14.4. The number of thiocarbonyl (C=S) groups is 1. The summed E-state index contributed by atoms with van der Waals surface area (Å²) in [7, 11) is 0. The van der Waals surface area contributed by atoms with Crippen molar-refractivity contribution in [2.24, 2.45) is 0 Å². The lowest BCUT2D eigenvalue weighted by atomic mass is 10.2. The number of nitrogens with zero attached hydrogens (tertiary/aromatic N) is 1. The van der Waals surface area contributed by atoms with E-state index in [4.69, 9.17) is 28.2 Å². The second kappa shape index (κ2) is 7.78. The van der Waals surface area contributed by atoms with Crippen molar-refractivity contribution in [1.29, 1.82) is 0 Å². The van der Waals surface area contributed by atoms with Crippen molar-refractivity contribution in [3.8, 4) is 0 Å². The fraction of sp³-hybridized carbons (Fsp3) is 0.176. The molecule has 0 radical (unpaired) electrons. The third kappa shape index (κ3) is 4.06. The number of benzene rings is 1. The minimum absolute atomic E-state index is 0.0562. The fourth-order valence-electron chi connectivity index (χ4n) is 2.13. The van der Waals surface area contributed by atoms with Crippen LogP contribution in [-0.2, 0) is 10.5 Å². The van der Waals surface area contributed by atoms with Gasteiger partial charge in [-0.3, -0.25) is 9.69 Å². The van der Waals surface area contributed by atoms with Gasteiger partial charge in [-0.25, -0.2) is 0 Å². The van der Waals surface area contributed by atoms with Crippen molar-refractivity contribution in [2.75, 3.05) is 6.54 Å². The van der Waals surface area contributed by atoms with E-state index in [0.29, 0.717) is 21.5 Å². The Morgan fingerprint density at radius 1 is 1.29 bits per heavy atom. The molecule has 3 rings (SSSR count). The van der Waals surface area contributed by atoms with Gasteiger partial charge in [0.1, 0.15) is 10.1 Å². The molecule has 1 fully saturated rings. The summed E-state index contributed by atoms with van der Waals surface area (Å²) in [5.41, 5.74) is 1.17. The lowest BCUT2D eigenvalue weighted by molar-refractivity contribution is -0.121. The molecule has 0 N–H and O–H groups in total. The lowest BCUT2D eigenvalue weighted by Crippen LogP contribution is -2.27. The molecule has 0 bridgehead atoms. The van der Waals surface area contributed by atoms with Crippen molar-refractivity contribution < 1.29 is 9.21 Å². The SMILES string of the molecule is CCN1C(=O)/C(=C/c2ccc(SCc3ccc(Cl)cc3)o2)SC1=S. The third-order valence-electron chi connectivity index (χ3n) is 3.36. The monoisotopic (exact) mass is 395 g/mol. The predicted octanol–water partition coefficient (Wildman–Crippen LogP) is 5.45. The van der Waals surface area contributed by atoms with E-state index in [2.05, 4.69) is 0 Å². The van der Waals surface area contributed by atoms with E-state index in [-0.39, 0.29) is 5.91 Å². The Morgan fingerprint density at radius 2 is 2.04 bits per heavy atom. The molecule has 24 heavy (non-hydrogen) atoms. The number of hydrogen-bond acceptors (Lipinski definition) is 5. The van der Waals surface area contributed by atoms with Crippen molar-refractivity contribution in [3.63, 3.8) is 0 Å². The van der Waals surface area contributed by atoms with Gasteiger partial charge in [-0.15, -0.1) is 0 Å². The Hall–Kier alpha value is -1.21. The lowest BCUT2D eigenvalue weighted by Gasteiger charge is -2.09. The first kappa shape index (κ1) is 17.6. The molecule has 3 nitrogen and oxygen atoms in total. The average Bonchev–Trinajstić information content (AvgIpc) is 3.12. The summed E-state index contributed by atoms with van der Waals surface area (Å²) in [6, 6.07) is 11.5. The standard InChI is InChI=1S/C17H14ClNO2S3/c1-2-19-16(20)14(24-17(19)22)9-13-7-8-15(21-13)23-10-11-3-5-12(18)6-4-11/h3-9H,2,10H2,1H3/b14-9-. The van der Waals surface area contributed by atoms with Crippen LogP contribution in [-0.4, -0.2) is 21.7 Å².